The first-order chi connectivity index (χ1) is 13.0. The molecule has 2 aromatic rings. The largest absolute Gasteiger partial charge is 0.480 e. The number of likely N-dealkylation sites (tertiary alicyclic amines) is 1. The number of hydrogen-bond donors (Lipinski definition) is 2. The molecule has 0 saturated carbocycles. The lowest BCUT2D eigenvalue weighted by atomic mass is 10.1. The highest BCUT2D eigenvalue weighted by Gasteiger charge is 2.26. The molecular weight excluding hydrogens is 346 g/mol. The fraction of sp³-hybridized carbons (Fsp3) is 0.421. The van der Waals surface area contributed by atoms with Crippen LogP contribution in [0.2, 0.25) is 0 Å². The van der Waals surface area contributed by atoms with E-state index in [1.807, 2.05) is 17.8 Å². The summed E-state index contributed by atoms with van der Waals surface area (Å²) in [5, 5.41) is 12.6. The fourth-order valence-electron chi connectivity index (χ4n) is 3.32. The number of hydrogen-bond acceptors (Lipinski definition) is 4. The van der Waals surface area contributed by atoms with Gasteiger partial charge in [0.05, 0.1) is 6.54 Å². The smallest absolute Gasteiger partial charge is 0.325 e. The molecule has 144 valence electrons. The van der Waals surface area contributed by atoms with Crippen LogP contribution in [0.1, 0.15) is 30.3 Å². The molecule has 2 amide bonds. The average molecular weight is 371 g/mol. The number of imidazole rings is 1. The molecule has 1 fully saturated rings. The summed E-state index contributed by atoms with van der Waals surface area (Å²) in [7, 11) is 3.64. The Labute approximate surface area is 158 Å². The summed E-state index contributed by atoms with van der Waals surface area (Å²) in [5.41, 5.74) is 1.31. The number of nitrogens with zero attached hydrogens (tertiary/aromatic N) is 4. The van der Waals surface area contributed by atoms with Gasteiger partial charge in [0.1, 0.15) is 11.9 Å². The zero-order valence-electron chi connectivity index (χ0n) is 15.6. The summed E-state index contributed by atoms with van der Waals surface area (Å²) < 4.78 is 1.87. The monoisotopic (exact) mass is 371 g/mol. The van der Waals surface area contributed by atoms with Crippen LogP contribution >= 0.6 is 0 Å². The highest BCUT2D eigenvalue weighted by atomic mass is 16.4. The lowest BCUT2D eigenvalue weighted by molar-refractivity contribution is -0.143. The molecule has 8 nitrogen and oxygen atoms in total. The molecule has 8 heteroatoms. The Hall–Kier alpha value is -2.87. The van der Waals surface area contributed by atoms with Gasteiger partial charge < -0.3 is 19.9 Å². The quantitative estimate of drug-likeness (QED) is 0.813. The number of amides is 2. The van der Waals surface area contributed by atoms with Gasteiger partial charge in [-0.3, -0.25) is 9.69 Å². The Morgan fingerprint density at radius 2 is 1.93 bits per heavy atom. The molecule has 1 saturated heterocycles. The van der Waals surface area contributed by atoms with Crippen LogP contribution in [0.3, 0.4) is 0 Å². The van der Waals surface area contributed by atoms with Crippen LogP contribution in [0, 0.1) is 0 Å². The second-order valence-corrected chi connectivity index (χ2v) is 6.86. The van der Waals surface area contributed by atoms with Crippen molar-refractivity contribution in [2.24, 2.45) is 7.05 Å². The Balaban J connectivity index is 1.69. The number of benzene rings is 1. The lowest BCUT2D eigenvalue weighted by Gasteiger charge is -2.25. The molecule has 27 heavy (non-hydrogen) atoms. The third-order valence-corrected chi connectivity index (χ3v) is 4.86. The summed E-state index contributed by atoms with van der Waals surface area (Å²) in [6, 6.07) is 6.06. The van der Waals surface area contributed by atoms with Gasteiger partial charge in [0, 0.05) is 38.2 Å². The fourth-order valence-corrected chi connectivity index (χ4v) is 3.32. The molecular formula is C19H25N5O3. The summed E-state index contributed by atoms with van der Waals surface area (Å²) in [6.07, 6.45) is 5.59. The van der Waals surface area contributed by atoms with Crippen molar-refractivity contribution >= 4 is 17.7 Å². The number of rotatable bonds is 6. The Morgan fingerprint density at radius 1 is 1.26 bits per heavy atom. The SMILES string of the molecule is CN(Cc1nccn1C)[C@H](C(=O)O)c1ccc(NC(=O)N2CCCC2)cc1. The summed E-state index contributed by atoms with van der Waals surface area (Å²) in [6.45, 7) is 1.97. The van der Waals surface area contributed by atoms with Gasteiger partial charge in [-0.2, -0.15) is 0 Å². The van der Waals surface area contributed by atoms with E-state index in [1.54, 1.807) is 47.3 Å². The van der Waals surface area contributed by atoms with Crippen LogP contribution in [-0.4, -0.2) is 56.6 Å². The van der Waals surface area contributed by atoms with Gasteiger partial charge in [0.2, 0.25) is 0 Å². The summed E-state index contributed by atoms with van der Waals surface area (Å²) in [5.74, 6) is -0.140. The van der Waals surface area contributed by atoms with E-state index < -0.39 is 12.0 Å². The highest BCUT2D eigenvalue weighted by Crippen LogP contribution is 2.23. The molecule has 0 aliphatic carbocycles. The molecule has 1 aromatic carbocycles. The minimum atomic E-state index is -0.930. The van der Waals surface area contributed by atoms with Crippen molar-refractivity contribution in [1.82, 2.24) is 19.4 Å². The van der Waals surface area contributed by atoms with E-state index in [9.17, 15) is 14.7 Å². The van der Waals surface area contributed by atoms with Crippen molar-refractivity contribution < 1.29 is 14.7 Å². The first kappa shape index (κ1) is 18.9. The first-order valence-corrected chi connectivity index (χ1v) is 9.01. The molecule has 1 aromatic heterocycles. The Kier molecular flexibility index (Phi) is 5.75. The van der Waals surface area contributed by atoms with Crippen molar-refractivity contribution in [3.63, 3.8) is 0 Å². The number of anilines is 1. The summed E-state index contributed by atoms with van der Waals surface area (Å²) >= 11 is 0. The van der Waals surface area contributed by atoms with Crippen molar-refractivity contribution in [1.29, 1.82) is 0 Å². The van der Waals surface area contributed by atoms with Crippen molar-refractivity contribution in [2.75, 3.05) is 25.5 Å². The van der Waals surface area contributed by atoms with Gasteiger partial charge in [0.15, 0.2) is 0 Å². The minimum Gasteiger partial charge on any atom is -0.480 e. The minimum absolute atomic E-state index is 0.109. The molecule has 0 bridgehead atoms. The first-order valence-electron chi connectivity index (χ1n) is 9.01. The summed E-state index contributed by atoms with van der Waals surface area (Å²) in [4.78, 5) is 31.8. The van der Waals surface area contributed by atoms with E-state index >= 15 is 0 Å². The van der Waals surface area contributed by atoms with Crippen molar-refractivity contribution in [3.05, 3.63) is 48.0 Å². The zero-order chi connectivity index (χ0) is 19.4. The van der Waals surface area contributed by atoms with E-state index in [2.05, 4.69) is 10.3 Å². The van der Waals surface area contributed by atoms with Crippen LogP contribution in [-0.2, 0) is 18.4 Å². The number of aryl methyl sites for hydroxylation is 1. The van der Waals surface area contributed by atoms with Crippen molar-refractivity contribution in [3.8, 4) is 0 Å². The zero-order valence-corrected chi connectivity index (χ0v) is 15.6. The van der Waals surface area contributed by atoms with Crippen LogP contribution < -0.4 is 5.32 Å². The number of carbonyl (C=O) groups is 2. The van der Waals surface area contributed by atoms with Crippen LogP contribution in [0.4, 0.5) is 10.5 Å². The second-order valence-electron chi connectivity index (χ2n) is 6.86. The number of nitrogens with one attached hydrogen (secondary N) is 1. The standard InChI is InChI=1S/C19H25N5O3/c1-22-12-9-20-16(22)13-23(2)17(18(25)26)14-5-7-15(8-6-14)21-19(27)24-10-3-4-11-24/h5-9,12,17H,3-4,10-11,13H2,1-2H3,(H,21,27)(H,25,26)/t17-/m0/s1. The van der Waals surface area contributed by atoms with E-state index in [-0.39, 0.29) is 6.03 Å². The maximum Gasteiger partial charge on any atom is 0.325 e. The number of urea groups is 1. The maximum absolute atomic E-state index is 12.2. The Morgan fingerprint density at radius 3 is 2.48 bits per heavy atom. The molecule has 1 aliphatic heterocycles. The van der Waals surface area contributed by atoms with E-state index in [1.165, 1.54) is 0 Å². The predicted octanol–water partition coefficient (Wildman–Crippen LogP) is 2.31. The number of likely N-dealkylation sites (N-methyl/N-ethyl adjacent to an activating group) is 1. The molecule has 1 aliphatic rings. The van der Waals surface area contributed by atoms with E-state index in [0.29, 0.717) is 17.8 Å². The van der Waals surface area contributed by atoms with Crippen molar-refractivity contribution in [2.45, 2.75) is 25.4 Å². The normalized spacial score (nSPS) is 15.1. The van der Waals surface area contributed by atoms with Gasteiger partial charge in [0.25, 0.3) is 0 Å². The van der Waals surface area contributed by atoms with Gasteiger partial charge in [-0.25, -0.2) is 9.78 Å². The average Bonchev–Trinajstić information content (AvgIpc) is 3.29. The second kappa shape index (κ2) is 8.22. The Bertz CT molecular complexity index is 796. The van der Waals surface area contributed by atoms with Gasteiger partial charge in [-0.15, -0.1) is 0 Å². The molecule has 0 spiro atoms. The molecule has 0 radical (unpaired) electrons. The van der Waals surface area contributed by atoms with Crippen LogP contribution in [0.15, 0.2) is 36.7 Å². The van der Waals surface area contributed by atoms with Gasteiger partial charge >= 0.3 is 12.0 Å². The topological polar surface area (TPSA) is 90.7 Å². The van der Waals surface area contributed by atoms with Crippen LogP contribution in [0.5, 0.6) is 0 Å². The number of carboxylic acid groups (broad SMARTS) is 1. The molecule has 2 heterocycles. The maximum atomic E-state index is 12.2. The number of aromatic nitrogens is 2. The number of carboxylic acids is 1. The molecule has 0 unspecified atom stereocenters. The molecule has 1 atom stereocenters. The van der Waals surface area contributed by atoms with E-state index in [4.69, 9.17) is 0 Å². The predicted molar refractivity (Wildman–Crippen MR) is 101 cm³/mol. The van der Waals surface area contributed by atoms with Gasteiger partial charge in [-0.1, -0.05) is 12.1 Å². The lowest BCUT2D eigenvalue weighted by Crippen LogP contribution is -2.32. The third kappa shape index (κ3) is 4.46. The molecule has 2 N–H and O–H groups in total. The number of carbonyl (C=O) groups excluding carboxylic acids is 1. The van der Waals surface area contributed by atoms with Crippen LogP contribution in [0.25, 0.3) is 0 Å². The molecule has 3 rings (SSSR count). The number of aliphatic carboxylic acids is 1. The van der Waals surface area contributed by atoms with E-state index in [0.717, 1.165) is 31.8 Å². The highest BCUT2D eigenvalue weighted by molar-refractivity contribution is 5.89. The third-order valence-electron chi connectivity index (χ3n) is 4.86. The van der Waals surface area contributed by atoms with Gasteiger partial charge in [-0.05, 0) is 37.6 Å².